The minimum absolute atomic E-state index is 0.0818. The summed E-state index contributed by atoms with van der Waals surface area (Å²) in [7, 11) is 0. The van der Waals surface area contributed by atoms with Gasteiger partial charge in [-0.1, -0.05) is 13.8 Å². The van der Waals surface area contributed by atoms with E-state index in [1.54, 1.807) is 28.4 Å². The van der Waals surface area contributed by atoms with E-state index in [1.807, 2.05) is 12.1 Å². The molecule has 144 valence electrons. The molecule has 3 rings (SSSR count). The van der Waals surface area contributed by atoms with Crippen LogP contribution in [0.2, 0.25) is 0 Å². The molecule has 0 aliphatic carbocycles. The lowest BCUT2D eigenvalue weighted by molar-refractivity contribution is -0.117. The van der Waals surface area contributed by atoms with E-state index in [4.69, 9.17) is 0 Å². The van der Waals surface area contributed by atoms with Crippen molar-refractivity contribution in [1.82, 2.24) is 10.2 Å². The van der Waals surface area contributed by atoms with Gasteiger partial charge in [0, 0.05) is 30.8 Å². The number of nitrogens with zero attached hydrogens (tertiary/aromatic N) is 2. The van der Waals surface area contributed by atoms with Gasteiger partial charge in [0.25, 0.3) is 5.91 Å². The van der Waals surface area contributed by atoms with Crippen molar-refractivity contribution < 1.29 is 9.59 Å². The Morgan fingerprint density at radius 3 is 2.52 bits per heavy atom. The van der Waals surface area contributed by atoms with Crippen molar-refractivity contribution in [3.8, 4) is 0 Å². The monoisotopic (exact) mass is 385 g/mol. The fraction of sp³-hybridized carbons (Fsp3) is 0.429. The number of thiophene rings is 1. The molecule has 1 fully saturated rings. The second-order valence-corrected chi connectivity index (χ2v) is 7.48. The number of hydrogen-bond donors (Lipinski definition) is 1. The van der Waals surface area contributed by atoms with Crippen LogP contribution in [0.15, 0.2) is 41.1 Å². The third kappa shape index (κ3) is 4.57. The first-order valence-corrected chi connectivity index (χ1v) is 10.5. The second-order valence-electron chi connectivity index (χ2n) is 6.70. The third-order valence-electron chi connectivity index (χ3n) is 5.15. The Hall–Kier alpha value is -2.18. The predicted octanol–water partition coefficient (Wildman–Crippen LogP) is 3.69. The van der Waals surface area contributed by atoms with Crippen molar-refractivity contribution in [2.24, 2.45) is 0 Å². The molecule has 1 saturated heterocycles. The Bertz CT molecular complexity index is 754. The molecule has 0 bridgehead atoms. The molecule has 1 aromatic heterocycles. The van der Waals surface area contributed by atoms with Crippen LogP contribution in [0.1, 0.15) is 48.7 Å². The third-order valence-corrected chi connectivity index (χ3v) is 5.85. The van der Waals surface area contributed by atoms with Crippen molar-refractivity contribution in [2.45, 2.75) is 32.7 Å². The number of carbonyl (C=O) groups excluding carboxylic acids is 2. The lowest BCUT2D eigenvalue weighted by Gasteiger charge is -2.29. The molecule has 0 spiro atoms. The first-order valence-electron chi connectivity index (χ1n) is 9.58. The predicted molar refractivity (Wildman–Crippen MR) is 110 cm³/mol. The van der Waals surface area contributed by atoms with Crippen molar-refractivity contribution >= 4 is 28.8 Å². The van der Waals surface area contributed by atoms with Crippen LogP contribution in [0, 0.1) is 0 Å². The molecule has 2 heterocycles. The highest BCUT2D eigenvalue weighted by Gasteiger charge is 2.22. The van der Waals surface area contributed by atoms with E-state index in [0.29, 0.717) is 18.5 Å². The summed E-state index contributed by atoms with van der Waals surface area (Å²) in [6.07, 6.45) is 1.51. The van der Waals surface area contributed by atoms with E-state index in [1.165, 1.54) is 5.56 Å². The number of hydrogen-bond acceptors (Lipinski definition) is 4. The minimum atomic E-state index is -0.0818. The number of rotatable bonds is 8. The summed E-state index contributed by atoms with van der Waals surface area (Å²) < 4.78 is 0. The van der Waals surface area contributed by atoms with Crippen LogP contribution < -0.4 is 10.2 Å². The van der Waals surface area contributed by atoms with E-state index in [9.17, 15) is 9.59 Å². The van der Waals surface area contributed by atoms with Crippen molar-refractivity contribution in [2.75, 3.05) is 31.1 Å². The second kappa shape index (κ2) is 9.15. The van der Waals surface area contributed by atoms with Crippen LogP contribution in [0.3, 0.4) is 0 Å². The Morgan fingerprint density at radius 2 is 1.96 bits per heavy atom. The zero-order valence-corrected chi connectivity index (χ0v) is 16.8. The van der Waals surface area contributed by atoms with Gasteiger partial charge in [0.1, 0.15) is 0 Å². The smallest absolute Gasteiger partial charge is 0.251 e. The standard InChI is InChI=1S/C21H27N3O2S/c1-3-23(4-2)19(17-11-13-27-15-17)14-22-21(26)16-7-9-18(10-8-16)24-12-5-6-20(24)25/h7-11,13,15,19H,3-6,12,14H2,1-2H3,(H,22,26). The number of benzene rings is 1. The summed E-state index contributed by atoms with van der Waals surface area (Å²) in [6, 6.07) is 9.62. The summed E-state index contributed by atoms with van der Waals surface area (Å²) >= 11 is 1.68. The van der Waals surface area contributed by atoms with Gasteiger partial charge in [-0.15, -0.1) is 0 Å². The summed E-state index contributed by atoms with van der Waals surface area (Å²) in [6.45, 7) is 7.49. The highest BCUT2D eigenvalue weighted by Crippen LogP contribution is 2.23. The quantitative estimate of drug-likeness (QED) is 0.754. The molecular weight excluding hydrogens is 358 g/mol. The largest absolute Gasteiger partial charge is 0.350 e. The first kappa shape index (κ1) is 19.6. The maximum Gasteiger partial charge on any atom is 0.251 e. The van der Waals surface area contributed by atoms with Gasteiger partial charge in [-0.3, -0.25) is 14.5 Å². The van der Waals surface area contributed by atoms with Gasteiger partial charge in [-0.25, -0.2) is 0 Å². The molecule has 0 radical (unpaired) electrons. The Morgan fingerprint density at radius 1 is 1.22 bits per heavy atom. The lowest BCUT2D eigenvalue weighted by Crippen LogP contribution is -2.37. The molecule has 2 aromatic rings. The van der Waals surface area contributed by atoms with Crippen LogP contribution in [0.5, 0.6) is 0 Å². The molecule has 5 nitrogen and oxygen atoms in total. The van der Waals surface area contributed by atoms with Crippen LogP contribution >= 0.6 is 11.3 Å². The van der Waals surface area contributed by atoms with Gasteiger partial charge in [0.15, 0.2) is 0 Å². The average molecular weight is 386 g/mol. The summed E-state index contributed by atoms with van der Waals surface area (Å²) in [5.74, 6) is 0.0757. The van der Waals surface area contributed by atoms with Gasteiger partial charge < -0.3 is 10.2 Å². The number of nitrogens with one attached hydrogen (secondary N) is 1. The van der Waals surface area contributed by atoms with Crippen molar-refractivity contribution in [3.63, 3.8) is 0 Å². The number of amides is 2. The van der Waals surface area contributed by atoms with Gasteiger partial charge in [0.05, 0.1) is 6.04 Å². The Balaban J connectivity index is 1.64. The fourth-order valence-corrected chi connectivity index (χ4v) is 4.30. The summed E-state index contributed by atoms with van der Waals surface area (Å²) in [5, 5.41) is 7.30. The molecule has 1 N–H and O–H groups in total. The van der Waals surface area contributed by atoms with Gasteiger partial charge >= 0.3 is 0 Å². The molecule has 1 unspecified atom stereocenters. The van der Waals surface area contributed by atoms with Gasteiger partial charge in [-0.05, 0) is 66.2 Å². The summed E-state index contributed by atoms with van der Waals surface area (Å²) in [5.41, 5.74) is 2.73. The Kier molecular flexibility index (Phi) is 6.63. The van der Waals surface area contributed by atoms with E-state index < -0.39 is 0 Å². The molecular formula is C21H27N3O2S. The van der Waals surface area contributed by atoms with Crippen molar-refractivity contribution in [1.29, 1.82) is 0 Å². The summed E-state index contributed by atoms with van der Waals surface area (Å²) in [4.78, 5) is 28.6. The van der Waals surface area contributed by atoms with Crippen LogP contribution in [0.25, 0.3) is 0 Å². The minimum Gasteiger partial charge on any atom is -0.350 e. The number of likely N-dealkylation sites (N-methyl/N-ethyl adjacent to an activating group) is 1. The molecule has 0 saturated carbocycles. The molecule has 2 amide bonds. The lowest BCUT2D eigenvalue weighted by atomic mass is 10.1. The molecule has 27 heavy (non-hydrogen) atoms. The highest BCUT2D eigenvalue weighted by molar-refractivity contribution is 7.07. The normalized spacial score (nSPS) is 15.4. The van der Waals surface area contributed by atoms with E-state index >= 15 is 0 Å². The molecule has 1 aliphatic heterocycles. The molecule has 1 atom stereocenters. The SMILES string of the molecule is CCN(CC)C(CNC(=O)c1ccc(N2CCCC2=O)cc1)c1ccsc1. The fourth-order valence-electron chi connectivity index (χ4n) is 3.59. The Labute approximate surface area is 165 Å². The zero-order chi connectivity index (χ0) is 19.2. The van der Waals surface area contributed by atoms with E-state index in [2.05, 4.69) is 40.9 Å². The maximum atomic E-state index is 12.6. The highest BCUT2D eigenvalue weighted by atomic mass is 32.1. The van der Waals surface area contributed by atoms with E-state index in [-0.39, 0.29) is 17.9 Å². The molecule has 6 heteroatoms. The number of carbonyl (C=O) groups is 2. The van der Waals surface area contributed by atoms with Crippen LogP contribution in [0.4, 0.5) is 5.69 Å². The maximum absolute atomic E-state index is 12.6. The van der Waals surface area contributed by atoms with Crippen LogP contribution in [-0.2, 0) is 4.79 Å². The van der Waals surface area contributed by atoms with Crippen LogP contribution in [-0.4, -0.2) is 42.9 Å². The van der Waals surface area contributed by atoms with Crippen molar-refractivity contribution in [3.05, 3.63) is 52.2 Å². The molecule has 1 aromatic carbocycles. The van der Waals surface area contributed by atoms with Gasteiger partial charge in [0.2, 0.25) is 5.91 Å². The first-order chi connectivity index (χ1) is 13.1. The van der Waals surface area contributed by atoms with E-state index in [0.717, 1.165) is 31.7 Å². The van der Waals surface area contributed by atoms with Gasteiger partial charge in [-0.2, -0.15) is 11.3 Å². The topological polar surface area (TPSA) is 52.7 Å². The zero-order valence-electron chi connectivity index (χ0n) is 16.0. The number of anilines is 1. The molecule has 1 aliphatic rings. The average Bonchev–Trinajstić information content (AvgIpc) is 3.37.